The second-order valence-electron chi connectivity index (χ2n) is 4.67. The molecule has 1 rings (SSSR count). The van der Waals surface area contributed by atoms with Crippen molar-refractivity contribution in [1.29, 1.82) is 0 Å². The third kappa shape index (κ3) is 4.19. The topological polar surface area (TPSA) is 70.5 Å². The predicted octanol–water partition coefficient (Wildman–Crippen LogP) is 2.44. The third-order valence-corrected chi connectivity index (χ3v) is 3.13. The van der Waals surface area contributed by atoms with Crippen LogP contribution in [0.4, 0.5) is 0 Å². The molecule has 1 N–H and O–H groups in total. The molecule has 0 radical (unpaired) electrons. The van der Waals surface area contributed by atoms with E-state index >= 15 is 0 Å². The number of aromatic nitrogens is 1. The van der Waals surface area contributed by atoms with Gasteiger partial charge in [0.1, 0.15) is 5.69 Å². The second-order valence-corrected chi connectivity index (χ2v) is 4.67. The SMILES string of the molecule is CCCC(C)N(C)C(=O)c1ncccc1/C=C/C(=O)O. The highest BCUT2D eigenvalue weighted by Gasteiger charge is 2.19. The lowest BCUT2D eigenvalue weighted by molar-refractivity contribution is -0.131. The Bertz CT molecular complexity index is 512. The Kier molecular flexibility index (Phi) is 5.90. The lowest BCUT2D eigenvalue weighted by Crippen LogP contribution is -2.35. The Hall–Kier alpha value is -2.17. The van der Waals surface area contributed by atoms with E-state index in [1.54, 1.807) is 24.1 Å². The van der Waals surface area contributed by atoms with Crippen LogP contribution in [0.3, 0.4) is 0 Å². The van der Waals surface area contributed by atoms with Gasteiger partial charge in [0.2, 0.25) is 0 Å². The van der Waals surface area contributed by atoms with E-state index in [1.807, 2.05) is 6.92 Å². The van der Waals surface area contributed by atoms with Gasteiger partial charge in [-0.1, -0.05) is 19.4 Å². The number of carbonyl (C=O) groups is 2. The summed E-state index contributed by atoms with van der Waals surface area (Å²) < 4.78 is 0. The molecule has 1 amide bonds. The summed E-state index contributed by atoms with van der Waals surface area (Å²) in [5, 5.41) is 8.67. The number of amides is 1. The molecule has 5 heteroatoms. The van der Waals surface area contributed by atoms with Gasteiger partial charge in [-0.3, -0.25) is 9.78 Å². The summed E-state index contributed by atoms with van der Waals surface area (Å²) in [7, 11) is 1.74. The van der Waals surface area contributed by atoms with Crippen LogP contribution in [-0.2, 0) is 4.79 Å². The molecule has 1 aromatic rings. The van der Waals surface area contributed by atoms with Crippen LogP contribution in [0.15, 0.2) is 24.4 Å². The molecular formula is C15H20N2O3. The summed E-state index contributed by atoms with van der Waals surface area (Å²) in [4.78, 5) is 28.7. The van der Waals surface area contributed by atoms with Crippen molar-refractivity contribution in [3.63, 3.8) is 0 Å². The fraction of sp³-hybridized carbons (Fsp3) is 0.400. The fourth-order valence-electron chi connectivity index (χ4n) is 1.87. The van der Waals surface area contributed by atoms with Crippen molar-refractivity contribution in [3.05, 3.63) is 35.7 Å². The van der Waals surface area contributed by atoms with Crippen LogP contribution in [0, 0.1) is 0 Å². The number of carboxylic acids is 1. The highest BCUT2D eigenvalue weighted by molar-refractivity contribution is 5.97. The molecule has 1 atom stereocenters. The van der Waals surface area contributed by atoms with E-state index in [1.165, 1.54) is 12.3 Å². The number of hydrogen-bond donors (Lipinski definition) is 1. The van der Waals surface area contributed by atoms with E-state index in [4.69, 9.17) is 5.11 Å². The zero-order chi connectivity index (χ0) is 15.1. The first kappa shape index (κ1) is 15.9. The van der Waals surface area contributed by atoms with E-state index in [0.29, 0.717) is 5.56 Å². The minimum absolute atomic E-state index is 0.116. The van der Waals surface area contributed by atoms with Gasteiger partial charge in [0.15, 0.2) is 0 Å². The number of hydrogen-bond acceptors (Lipinski definition) is 3. The smallest absolute Gasteiger partial charge is 0.328 e. The first-order valence-electron chi connectivity index (χ1n) is 6.60. The van der Waals surface area contributed by atoms with E-state index in [-0.39, 0.29) is 17.6 Å². The van der Waals surface area contributed by atoms with Gasteiger partial charge in [0, 0.05) is 30.9 Å². The van der Waals surface area contributed by atoms with E-state index in [0.717, 1.165) is 18.9 Å². The zero-order valence-electron chi connectivity index (χ0n) is 12.0. The summed E-state index contributed by atoms with van der Waals surface area (Å²) in [6.45, 7) is 4.05. The van der Waals surface area contributed by atoms with Crippen molar-refractivity contribution in [2.75, 3.05) is 7.05 Å². The lowest BCUT2D eigenvalue weighted by atomic mass is 10.1. The normalized spacial score (nSPS) is 12.3. The van der Waals surface area contributed by atoms with Crippen molar-refractivity contribution < 1.29 is 14.7 Å². The van der Waals surface area contributed by atoms with Gasteiger partial charge in [-0.05, 0) is 25.5 Å². The van der Waals surface area contributed by atoms with Crippen molar-refractivity contribution in [3.8, 4) is 0 Å². The van der Waals surface area contributed by atoms with Crippen molar-refractivity contribution in [2.24, 2.45) is 0 Å². The lowest BCUT2D eigenvalue weighted by Gasteiger charge is -2.24. The third-order valence-electron chi connectivity index (χ3n) is 3.13. The molecule has 0 aliphatic heterocycles. The van der Waals surface area contributed by atoms with Crippen molar-refractivity contribution >= 4 is 18.0 Å². The average Bonchev–Trinajstić information content (AvgIpc) is 2.44. The molecule has 0 bridgehead atoms. The first-order chi connectivity index (χ1) is 9.47. The Morgan fingerprint density at radius 1 is 1.50 bits per heavy atom. The van der Waals surface area contributed by atoms with Crippen LogP contribution in [0.2, 0.25) is 0 Å². The number of nitrogens with zero attached hydrogens (tertiary/aromatic N) is 2. The second kappa shape index (κ2) is 7.43. The fourth-order valence-corrected chi connectivity index (χ4v) is 1.87. The largest absolute Gasteiger partial charge is 0.478 e. The molecule has 0 saturated carbocycles. The number of aliphatic carboxylic acids is 1. The van der Waals surface area contributed by atoms with Crippen LogP contribution >= 0.6 is 0 Å². The number of carboxylic acid groups (broad SMARTS) is 1. The average molecular weight is 276 g/mol. The van der Waals surface area contributed by atoms with Gasteiger partial charge in [0.05, 0.1) is 0 Å². The summed E-state index contributed by atoms with van der Waals surface area (Å²) in [5.41, 5.74) is 0.783. The highest BCUT2D eigenvalue weighted by atomic mass is 16.4. The summed E-state index contributed by atoms with van der Waals surface area (Å²) in [6.07, 6.45) is 5.83. The Balaban J connectivity index is 3.01. The quantitative estimate of drug-likeness (QED) is 0.810. The van der Waals surface area contributed by atoms with Gasteiger partial charge in [-0.2, -0.15) is 0 Å². The molecule has 20 heavy (non-hydrogen) atoms. The van der Waals surface area contributed by atoms with Crippen LogP contribution in [0.25, 0.3) is 6.08 Å². The van der Waals surface area contributed by atoms with Crippen LogP contribution in [0.1, 0.15) is 42.7 Å². The standard InChI is InChI=1S/C15H20N2O3/c1-4-6-11(2)17(3)15(20)14-12(7-5-10-16-14)8-9-13(18)19/h5,7-11H,4,6H2,1-3H3,(H,18,19)/b9-8+. The molecule has 5 nitrogen and oxygen atoms in total. The Labute approximate surface area is 118 Å². The molecule has 1 heterocycles. The maximum atomic E-state index is 12.4. The molecule has 1 aromatic heterocycles. The van der Waals surface area contributed by atoms with Gasteiger partial charge in [-0.25, -0.2) is 4.79 Å². The molecule has 0 spiro atoms. The van der Waals surface area contributed by atoms with Crippen LogP contribution in [0.5, 0.6) is 0 Å². The number of pyridine rings is 1. The van der Waals surface area contributed by atoms with Crippen molar-refractivity contribution in [2.45, 2.75) is 32.7 Å². The first-order valence-corrected chi connectivity index (χ1v) is 6.60. The highest BCUT2D eigenvalue weighted by Crippen LogP contribution is 2.13. The maximum Gasteiger partial charge on any atom is 0.328 e. The maximum absolute atomic E-state index is 12.4. The molecule has 0 fully saturated rings. The van der Waals surface area contributed by atoms with Crippen molar-refractivity contribution in [1.82, 2.24) is 9.88 Å². The van der Waals surface area contributed by atoms with Crippen LogP contribution < -0.4 is 0 Å². The monoisotopic (exact) mass is 276 g/mol. The number of carbonyl (C=O) groups excluding carboxylic acids is 1. The molecule has 0 aliphatic rings. The summed E-state index contributed by atoms with van der Waals surface area (Å²) in [5.74, 6) is -1.25. The summed E-state index contributed by atoms with van der Waals surface area (Å²) >= 11 is 0. The zero-order valence-corrected chi connectivity index (χ0v) is 12.0. The van der Waals surface area contributed by atoms with E-state index in [2.05, 4.69) is 11.9 Å². The minimum Gasteiger partial charge on any atom is -0.478 e. The minimum atomic E-state index is -1.06. The van der Waals surface area contributed by atoms with Gasteiger partial charge < -0.3 is 10.0 Å². The van der Waals surface area contributed by atoms with Crippen LogP contribution in [-0.4, -0.2) is 40.0 Å². The van der Waals surface area contributed by atoms with E-state index < -0.39 is 5.97 Å². The number of rotatable bonds is 6. The molecule has 0 aromatic carbocycles. The van der Waals surface area contributed by atoms with Gasteiger partial charge in [-0.15, -0.1) is 0 Å². The molecule has 1 unspecified atom stereocenters. The molecule has 0 saturated heterocycles. The van der Waals surface area contributed by atoms with E-state index in [9.17, 15) is 9.59 Å². The predicted molar refractivity (Wildman–Crippen MR) is 77.4 cm³/mol. The molecule has 108 valence electrons. The van der Waals surface area contributed by atoms with Gasteiger partial charge in [0.25, 0.3) is 5.91 Å². The Morgan fingerprint density at radius 2 is 2.20 bits per heavy atom. The Morgan fingerprint density at radius 3 is 2.80 bits per heavy atom. The van der Waals surface area contributed by atoms with Gasteiger partial charge >= 0.3 is 5.97 Å². The molecule has 0 aliphatic carbocycles. The molecular weight excluding hydrogens is 256 g/mol. The summed E-state index contributed by atoms with van der Waals surface area (Å²) in [6, 6.07) is 3.47.